The van der Waals surface area contributed by atoms with Gasteiger partial charge in [-0.3, -0.25) is 4.57 Å². The lowest BCUT2D eigenvalue weighted by Gasteiger charge is -2.12. The molecule has 0 saturated carbocycles. The van der Waals surface area contributed by atoms with E-state index in [0.717, 1.165) is 12.1 Å². The molecule has 0 aliphatic rings. The number of hydrogen-bond acceptors (Lipinski definition) is 1. The van der Waals surface area contributed by atoms with Crippen LogP contribution in [0.1, 0.15) is 5.82 Å². The van der Waals surface area contributed by atoms with Crippen LogP contribution in [0.3, 0.4) is 0 Å². The minimum absolute atomic E-state index is 0.0259. The second-order valence-corrected chi connectivity index (χ2v) is 5.40. The zero-order valence-corrected chi connectivity index (χ0v) is 12.6. The van der Waals surface area contributed by atoms with Crippen molar-refractivity contribution in [3.8, 4) is 5.69 Å². The zero-order chi connectivity index (χ0) is 15.1. The summed E-state index contributed by atoms with van der Waals surface area (Å²) in [6.45, 7) is 0. The van der Waals surface area contributed by atoms with Gasteiger partial charge in [0.15, 0.2) is 5.82 Å². The Morgan fingerprint density at radius 3 is 2.38 bits per heavy atom. The van der Waals surface area contributed by atoms with Crippen molar-refractivity contribution in [3.63, 3.8) is 0 Å². The van der Waals surface area contributed by atoms with E-state index in [0.29, 0.717) is 17.0 Å². The van der Waals surface area contributed by atoms with Crippen molar-refractivity contribution in [1.82, 2.24) is 9.55 Å². The van der Waals surface area contributed by atoms with Crippen LogP contribution in [0.2, 0.25) is 10.0 Å². The summed E-state index contributed by atoms with van der Waals surface area (Å²) < 4.78 is 28.7. The number of nitrogens with zero attached hydrogens (tertiary/aromatic N) is 2. The first kappa shape index (κ1) is 14.6. The number of imidazole rings is 1. The summed E-state index contributed by atoms with van der Waals surface area (Å²) in [7, 11) is 0. The van der Waals surface area contributed by atoms with Gasteiger partial charge in [0, 0.05) is 0 Å². The Morgan fingerprint density at radius 2 is 1.76 bits per heavy atom. The van der Waals surface area contributed by atoms with Crippen LogP contribution in [0.15, 0.2) is 30.3 Å². The van der Waals surface area contributed by atoms with Crippen molar-refractivity contribution >= 4 is 45.8 Å². The molecule has 3 rings (SSSR count). The van der Waals surface area contributed by atoms with E-state index in [-0.39, 0.29) is 21.4 Å². The third kappa shape index (κ3) is 2.37. The smallest absolute Gasteiger partial charge is 0.151 e. The van der Waals surface area contributed by atoms with E-state index in [1.165, 1.54) is 10.6 Å². The van der Waals surface area contributed by atoms with E-state index >= 15 is 0 Å². The Labute approximate surface area is 133 Å². The standard InChI is InChI=1S/C14H7Cl3F2N2/c15-6-12-20-13-10(19)2-1-3-11(13)21(12)14-8(16)4-7(18)5-9(14)17/h1-5H,6H2. The Hall–Kier alpha value is -1.36. The van der Waals surface area contributed by atoms with E-state index in [9.17, 15) is 8.78 Å². The van der Waals surface area contributed by atoms with Gasteiger partial charge in [-0.05, 0) is 24.3 Å². The number of rotatable bonds is 2. The first-order valence-corrected chi connectivity index (χ1v) is 7.18. The Balaban J connectivity index is 2.42. The second kappa shape index (κ2) is 5.44. The number of hydrogen-bond donors (Lipinski definition) is 0. The second-order valence-electron chi connectivity index (χ2n) is 4.32. The van der Waals surface area contributed by atoms with Crippen LogP contribution in [0.25, 0.3) is 16.7 Å². The van der Waals surface area contributed by atoms with Crippen LogP contribution >= 0.6 is 34.8 Å². The van der Waals surface area contributed by atoms with Gasteiger partial charge in [0.2, 0.25) is 0 Å². The lowest BCUT2D eigenvalue weighted by atomic mass is 10.2. The van der Waals surface area contributed by atoms with Crippen molar-refractivity contribution in [2.75, 3.05) is 0 Å². The van der Waals surface area contributed by atoms with E-state index in [2.05, 4.69) is 4.98 Å². The van der Waals surface area contributed by atoms with Crippen molar-refractivity contribution in [3.05, 3.63) is 57.8 Å². The van der Waals surface area contributed by atoms with Crippen LogP contribution in [-0.4, -0.2) is 9.55 Å². The van der Waals surface area contributed by atoms with Crippen molar-refractivity contribution in [1.29, 1.82) is 0 Å². The van der Waals surface area contributed by atoms with Gasteiger partial charge >= 0.3 is 0 Å². The van der Waals surface area contributed by atoms with Gasteiger partial charge in [-0.1, -0.05) is 29.3 Å². The first-order valence-electron chi connectivity index (χ1n) is 5.89. The molecule has 0 fully saturated rings. The summed E-state index contributed by atoms with van der Waals surface area (Å²) >= 11 is 18.0. The highest BCUT2D eigenvalue weighted by Gasteiger charge is 2.19. The van der Waals surface area contributed by atoms with Crippen molar-refractivity contribution < 1.29 is 8.78 Å². The Kier molecular flexibility index (Phi) is 3.78. The average Bonchev–Trinajstić information content (AvgIpc) is 2.78. The van der Waals surface area contributed by atoms with Crippen LogP contribution < -0.4 is 0 Å². The van der Waals surface area contributed by atoms with Crippen LogP contribution in [-0.2, 0) is 5.88 Å². The topological polar surface area (TPSA) is 17.8 Å². The molecule has 1 heterocycles. The van der Waals surface area contributed by atoms with Crippen LogP contribution in [0.4, 0.5) is 8.78 Å². The summed E-state index contributed by atoms with van der Waals surface area (Å²) in [5.41, 5.74) is 0.939. The van der Waals surface area contributed by atoms with Gasteiger partial charge in [-0.25, -0.2) is 13.8 Å². The molecule has 0 unspecified atom stereocenters. The number of fused-ring (bicyclic) bond motifs is 1. The van der Waals surface area contributed by atoms with E-state index in [1.54, 1.807) is 12.1 Å². The number of para-hydroxylation sites is 1. The summed E-state index contributed by atoms with van der Waals surface area (Å²) in [5.74, 6) is -0.644. The fraction of sp³-hybridized carbons (Fsp3) is 0.0714. The van der Waals surface area contributed by atoms with Gasteiger partial charge in [-0.2, -0.15) is 0 Å². The maximum absolute atomic E-state index is 13.9. The summed E-state index contributed by atoms with van der Waals surface area (Å²) in [6.07, 6.45) is 0. The number of aromatic nitrogens is 2. The molecule has 108 valence electrons. The molecule has 3 aromatic rings. The quantitative estimate of drug-likeness (QED) is 0.571. The molecule has 2 aromatic carbocycles. The molecule has 0 N–H and O–H groups in total. The van der Waals surface area contributed by atoms with Crippen molar-refractivity contribution in [2.24, 2.45) is 0 Å². The molecule has 0 spiro atoms. The fourth-order valence-electron chi connectivity index (χ4n) is 2.20. The lowest BCUT2D eigenvalue weighted by molar-refractivity contribution is 0.627. The van der Waals surface area contributed by atoms with Gasteiger partial charge < -0.3 is 0 Å². The third-order valence-corrected chi connectivity index (χ3v) is 3.85. The van der Waals surface area contributed by atoms with Gasteiger partial charge in [0.1, 0.15) is 17.2 Å². The monoisotopic (exact) mass is 346 g/mol. The molecule has 21 heavy (non-hydrogen) atoms. The van der Waals surface area contributed by atoms with E-state index in [4.69, 9.17) is 34.8 Å². The molecule has 7 heteroatoms. The van der Waals surface area contributed by atoms with Crippen LogP contribution in [0, 0.1) is 11.6 Å². The molecule has 1 aromatic heterocycles. The molecule has 0 saturated heterocycles. The molecular weight excluding hydrogens is 341 g/mol. The largest absolute Gasteiger partial charge is 0.292 e. The van der Waals surface area contributed by atoms with Gasteiger partial charge in [-0.15, -0.1) is 11.6 Å². The van der Waals surface area contributed by atoms with Crippen molar-refractivity contribution in [2.45, 2.75) is 5.88 Å². The first-order chi connectivity index (χ1) is 10.0. The Morgan fingerprint density at radius 1 is 1.10 bits per heavy atom. The fourth-order valence-corrected chi connectivity index (χ4v) is 3.01. The normalized spacial score (nSPS) is 11.3. The van der Waals surface area contributed by atoms with Gasteiger partial charge in [0.25, 0.3) is 0 Å². The average molecular weight is 348 g/mol. The van der Waals surface area contributed by atoms with E-state index < -0.39 is 11.6 Å². The molecule has 0 amide bonds. The minimum Gasteiger partial charge on any atom is -0.292 e. The lowest BCUT2D eigenvalue weighted by Crippen LogP contribution is -2.01. The molecule has 0 bridgehead atoms. The predicted octanol–water partition coefficient (Wildman–Crippen LogP) is 5.35. The summed E-state index contributed by atoms with van der Waals surface area (Å²) in [6, 6.07) is 6.76. The number of benzene rings is 2. The van der Waals surface area contributed by atoms with Crippen LogP contribution in [0.5, 0.6) is 0 Å². The predicted molar refractivity (Wildman–Crippen MR) is 80.6 cm³/mol. The molecule has 0 atom stereocenters. The highest BCUT2D eigenvalue weighted by atomic mass is 35.5. The van der Waals surface area contributed by atoms with E-state index in [1.807, 2.05) is 0 Å². The highest BCUT2D eigenvalue weighted by Crippen LogP contribution is 2.34. The zero-order valence-electron chi connectivity index (χ0n) is 10.4. The molecular formula is C14H7Cl3F2N2. The number of alkyl halides is 1. The summed E-state index contributed by atoms with van der Waals surface area (Å²) in [5, 5.41) is 0.185. The molecule has 0 aliphatic carbocycles. The Bertz CT molecular complexity index is 823. The molecule has 0 radical (unpaired) electrons. The van der Waals surface area contributed by atoms with Gasteiger partial charge in [0.05, 0.1) is 27.1 Å². The molecule has 0 aliphatic heterocycles. The minimum atomic E-state index is -0.559. The molecule has 2 nitrogen and oxygen atoms in total. The summed E-state index contributed by atoms with van der Waals surface area (Å²) in [4.78, 5) is 4.16. The number of halogens is 5. The highest BCUT2D eigenvalue weighted by molar-refractivity contribution is 6.38. The maximum Gasteiger partial charge on any atom is 0.151 e. The third-order valence-electron chi connectivity index (χ3n) is 3.03. The maximum atomic E-state index is 13.9. The SMILES string of the molecule is Fc1cc(Cl)c(-n2c(CCl)nc3c(F)cccc32)c(Cl)c1.